The predicted molar refractivity (Wildman–Crippen MR) is 112 cm³/mol. The maximum atomic E-state index is 12.8. The Morgan fingerprint density at radius 3 is 2.46 bits per heavy atom. The first-order chi connectivity index (χ1) is 13.8. The van der Waals surface area contributed by atoms with Crippen LogP contribution in [0.2, 0.25) is 0 Å². The van der Waals surface area contributed by atoms with Gasteiger partial charge >= 0.3 is 0 Å². The highest BCUT2D eigenvalue weighted by atomic mass is 16.2. The molecule has 0 bridgehead atoms. The molecule has 1 aromatic rings. The van der Waals surface area contributed by atoms with Crippen molar-refractivity contribution in [1.29, 1.82) is 0 Å². The first-order valence-corrected chi connectivity index (χ1v) is 11.4. The summed E-state index contributed by atoms with van der Waals surface area (Å²) in [7, 11) is 0. The largest absolute Gasteiger partial charge is 0.353 e. The molecule has 154 valence electrons. The Hall–Kier alpha value is -1.46. The van der Waals surface area contributed by atoms with Crippen molar-refractivity contribution in [3.8, 4) is 0 Å². The molecule has 5 heteroatoms. The van der Waals surface area contributed by atoms with Crippen LogP contribution in [-0.2, 0) is 11.3 Å². The van der Waals surface area contributed by atoms with Gasteiger partial charge in [0.2, 0.25) is 5.91 Å². The van der Waals surface area contributed by atoms with E-state index < -0.39 is 0 Å². The van der Waals surface area contributed by atoms with E-state index in [9.17, 15) is 4.79 Å². The summed E-state index contributed by atoms with van der Waals surface area (Å²) >= 11 is 0. The standard InChI is InChI=1S/C23H36N4O/c28-23(25-21-6-2-1-3-7-21)20-5-4-14-27(18-20)22-10-15-26(16-11-22)17-19-8-12-24-13-9-19/h8-9,12-13,20-22H,1-7,10-11,14-18H2,(H,25,28)/t20-/m0/s1. The molecule has 0 radical (unpaired) electrons. The van der Waals surface area contributed by atoms with Crippen molar-refractivity contribution >= 4 is 5.91 Å². The Kier molecular flexibility index (Phi) is 6.97. The van der Waals surface area contributed by atoms with Gasteiger partial charge < -0.3 is 5.32 Å². The monoisotopic (exact) mass is 384 g/mol. The van der Waals surface area contributed by atoms with Crippen LogP contribution < -0.4 is 5.32 Å². The Morgan fingerprint density at radius 1 is 0.964 bits per heavy atom. The molecule has 2 saturated heterocycles. The fourth-order valence-corrected chi connectivity index (χ4v) is 5.31. The molecule has 1 aromatic heterocycles. The van der Waals surface area contributed by atoms with Crippen LogP contribution in [-0.4, -0.2) is 59.0 Å². The van der Waals surface area contributed by atoms with E-state index >= 15 is 0 Å². The number of likely N-dealkylation sites (tertiary alicyclic amines) is 2. The number of aromatic nitrogens is 1. The molecule has 1 N–H and O–H groups in total. The lowest BCUT2D eigenvalue weighted by Gasteiger charge is -2.42. The molecule has 4 rings (SSSR count). The number of amides is 1. The number of carbonyl (C=O) groups is 1. The number of hydrogen-bond acceptors (Lipinski definition) is 4. The van der Waals surface area contributed by atoms with Crippen molar-refractivity contribution in [1.82, 2.24) is 20.1 Å². The molecule has 0 spiro atoms. The number of carbonyl (C=O) groups excluding carboxylic acids is 1. The number of nitrogens with one attached hydrogen (secondary N) is 1. The summed E-state index contributed by atoms with van der Waals surface area (Å²) < 4.78 is 0. The molecule has 1 amide bonds. The number of rotatable bonds is 5. The molecule has 1 aliphatic carbocycles. The molecular formula is C23H36N4O. The fourth-order valence-electron chi connectivity index (χ4n) is 5.31. The van der Waals surface area contributed by atoms with Crippen LogP contribution in [0.25, 0.3) is 0 Å². The number of pyridine rings is 1. The van der Waals surface area contributed by atoms with Gasteiger partial charge in [-0.05, 0) is 75.9 Å². The van der Waals surface area contributed by atoms with Crippen LogP contribution >= 0.6 is 0 Å². The second-order valence-electron chi connectivity index (χ2n) is 9.04. The van der Waals surface area contributed by atoms with E-state index in [1.165, 1.54) is 63.5 Å². The highest BCUT2D eigenvalue weighted by Gasteiger charge is 2.32. The molecule has 3 heterocycles. The molecule has 3 aliphatic rings. The molecular weight excluding hydrogens is 348 g/mol. The number of hydrogen-bond donors (Lipinski definition) is 1. The fraction of sp³-hybridized carbons (Fsp3) is 0.739. The Bertz CT molecular complexity index is 608. The van der Waals surface area contributed by atoms with E-state index in [4.69, 9.17) is 0 Å². The molecule has 5 nitrogen and oxygen atoms in total. The van der Waals surface area contributed by atoms with Gasteiger partial charge in [0.05, 0.1) is 5.92 Å². The highest BCUT2D eigenvalue weighted by molar-refractivity contribution is 5.79. The second-order valence-corrected chi connectivity index (χ2v) is 9.04. The van der Waals surface area contributed by atoms with Crippen LogP contribution in [0.15, 0.2) is 24.5 Å². The molecule has 0 aromatic carbocycles. The van der Waals surface area contributed by atoms with E-state index in [1.807, 2.05) is 12.4 Å². The zero-order chi connectivity index (χ0) is 19.2. The van der Waals surface area contributed by atoms with Gasteiger partial charge in [-0.3, -0.25) is 19.6 Å². The topological polar surface area (TPSA) is 48.5 Å². The SMILES string of the molecule is O=C(NC1CCCCC1)[C@H]1CCCN(C2CCN(Cc3ccncc3)CC2)C1. The highest BCUT2D eigenvalue weighted by Crippen LogP contribution is 2.25. The quantitative estimate of drug-likeness (QED) is 0.847. The van der Waals surface area contributed by atoms with E-state index in [0.717, 1.165) is 32.6 Å². The molecule has 2 aliphatic heterocycles. The first-order valence-electron chi connectivity index (χ1n) is 11.4. The molecule has 3 fully saturated rings. The average molecular weight is 385 g/mol. The van der Waals surface area contributed by atoms with Gasteiger partial charge in [0.25, 0.3) is 0 Å². The van der Waals surface area contributed by atoms with E-state index in [1.54, 1.807) is 0 Å². The normalized spacial score (nSPS) is 26.2. The third-order valence-electron chi connectivity index (χ3n) is 7.00. The van der Waals surface area contributed by atoms with Gasteiger partial charge in [-0.1, -0.05) is 19.3 Å². The van der Waals surface area contributed by atoms with Crippen LogP contribution in [0.1, 0.15) is 63.4 Å². The van der Waals surface area contributed by atoms with Crippen molar-refractivity contribution in [2.24, 2.45) is 5.92 Å². The third kappa shape index (κ3) is 5.32. The molecule has 1 atom stereocenters. The van der Waals surface area contributed by atoms with Crippen molar-refractivity contribution in [3.63, 3.8) is 0 Å². The van der Waals surface area contributed by atoms with Gasteiger partial charge in [-0.25, -0.2) is 0 Å². The lowest BCUT2D eigenvalue weighted by Crippen LogP contribution is -2.51. The van der Waals surface area contributed by atoms with E-state index in [0.29, 0.717) is 18.0 Å². The van der Waals surface area contributed by atoms with Crippen molar-refractivity contribution < 1.29 is 4.79 Å². The van der Waals surface area contributed by atoms with E-state index in [-0.39, 0.29) is 5.92 Å². The van der Waals surface area contributed by atoms with Crippen molar-refractivity contribution in [2.75, 3.05) is 26.2 Å². The van der Waals surface area contributed by atoms with Gasteiger partial charge in [-0.2, -0.15) is 0 Å². The Balaban J connectivity index is 1.23. The number of piperidine rings is 2. The second kappa shape index (κ2) is 9.84. The smallest absolute Gasteiger partial charge is 0.224 e. The first kappa shape index (κ1) is 19.8. The summed E-state index contributed by atoms with van der Waals surface area (Å²) in [4.78, 5) is 22.1. The predicted octanol–water partition coefficient (Wildman–Crippen LogP) is 3.21. The Labute approximate surface area is 169 Å². The maximum absolute atomic E-state index is 12.8. The van der Waals surface area contributed by atoms with Gasteiger partial charge in [0.15, 0.2) is 0 Å². The van der Waals surface area contributed by atoms with Gasteiger partial charge in [-0.15, -0.1) is 0 Å². The summed E-state index contributed by atoms with van der Waals surface area (Å²) in [6, 6.07) is 5.32. The summed E-state index contributed by atoms with van der Waals surface area (Å²) in [6.07, 6.45) is 14.7. The van der Waals surface area contributed by atoms with Crippen LogP contribution in [0.3, 0.4) is 0 Å². The minimum Gasteiger partial charge on any atom is -0.353 e. The zero-order valence-corrected chi connectivity index (χ0v) is 17.2. The van der Waals surface area contributed by atoms with Crippen molar-refractivity contribution in [2.45, 2.75) is 76.4 Å². The third-order valence-corrected chi connectivity index (χ3v) is 7.00. The van der Waals surface area contributed by atoms with Crippen LogP contribution in [0, 0.1) is 5.92 Å². The molecule has 1 saturated carbocycles. The van der Waals surface area contributed by atoms with Gasteiger partial charge in [0.1, 0.15) is 0 Å². The molecule has 28 heavy (non-hydrogen) atoms. The summed E-state index contributed by atoms with van der Waals surface area (Å²) in [5.41, 5.74) is 1.35. The van der Waals surface area contributed by atoms with Gasteiger partial charge in [0, 0.05) is 37.6 Å². The summed E-state index contributed by atoms with van der Waals surface area (Å²) in [5.74, 6) is 0.525. The van der Waals surface area contributed by atoms with E-state index in [2.05, 4.69) is 32.2 Å². The summed E-state index contributed by atoms with van der Waals surface area (Å²) in [6.45, 7) is 5.47. The van der Waals surface area contributed by atoms with Crippen LogP contribution in [0.5, 0.6) is 0 Å². The Morgan fingerprint density at radius 2 is 1.71 bits per heavy atom. The lowest BCUT2D eigenvalue weighted by molar-refractivity contribution is -0.128. The number of nitrogens with zero attached hydrogens (tertiary/aromatic N) is 3. The van der Waals surface area contributed by atoms with Crippen LogP contribution in [0.4, 0.5) is 0 Å². The minimum absolute atomic E-state index is 0.200. The molecule has 0 unspecified atom stereocenters. The van der Waals surface area contributed by atoms with Crippen molar-refractivity contribution in [3.05, 3.63) is 30.1 Å². The maximum Gasteiger partial charge on any atom is 0.224 e. The zero-order valence-electron chi connectivity index (χ0n) is 17.2. The lowest BCUT2D eigenvalue weighted by atomic mass is 9.91. The summed E-state index contributed by atoms with van der Waals surface area (Å²) in [5, 5.41) is 3.37. The average Bonchev–Trinajstić information content (AvgIpc) is 2.76. The minimum atomic E-state index is 0.200.